The third-order valence-electron chi connectivity index (χ3n) is 4.75. The second kappa shape index (κ2) is 7.58. The van der Waals surface area contributed by atoms with Crippen LogP contribution in [0.4, 0.5) is 0 Å². The summed E-state index contributed by atoms with van der Waals surface area (Å²) in [6.45, 7) is 10.0. The number of aliphatic hydroxyl groups is 1. The molecule has 1 heterocycles. The molecule has 4 atom stereocenters. The van der Waals surface area contributed by atoms with Gasteiger partial charge in [0.15, 0.2) is 0 Å². The van der Waals surface area contributed by atoms with Crippen molar-refractivity contribution < 1.29 is 9.84 Å². The molecular formula is C15H30N2O2. The van der Waals surface area contributed by atoms with Crippen LogP contribution in [0.1, 0.15) is 33.1 Å². The molecule has 4 unspecified atom stereocenters. The van der Waals surface area contributed by atoms with Crippen molar-refractivity contribution in [1.82, 2.24) is 10.2 Å². The van der Waals surface area contributed by atoms with Crippen LogP contribution in [0.15, 0.2) is 0 Å². The Hall–Kier alpha value is -0.160. The standard InChI is InChI=1S/C15H30N2O2/c1-12-3-4-15(9-13(12)2)19-11-14(18)10-17-7-5-16-6-8-17/h12-16,18H,3-11H2,1-2H3. The Morgan fingerprint density at radius 1 is 1.21 bits per heavy atom. The molecule has 4 heteroatoms. The average molecular weight is 270 g/mol. The highest BCUT2D eigenvalue weighted by Gasteiger charge is 2.25. The van der Waals surface area contributed by atoms with Gasteiger partial charge in [-0.2, -0.15) is 0 Å². The Morgan fingerprint density at radius 3 is 2.63 bits per heavy atom. The maximum Gasteiger partial charge on any atom is 0.0900 e. The van der Waals surface area contributed by atoms with Gasteiger partial charge in [-0.15, -0.1) is 0 Å². The number of β-amino-alcohol motifs (C(OH)–C–C–N with tert-alkyl or cyclic N) is 1. The molecule has 0 radical (unpaired) electrons. The Bertz CT molecular complexity index is 257. The minimum Gasteiger partial charge on any atom is -0.389 e. The summed E-state index contributed by atoms with van der Waals surface area (Å²) in [5.74, 6) is 1.58. The second-order valence-corrected chi connectivity index (χ2v) is 6.43. The fourth-order valence-electron chi connectivity index (χ4n) is 3.14. The van der Waals surface area contributed by atoms with Crippen LogP contribution in [-0.4, -0.2) is 61.5 Å². The van der Waals surface area contributed by atoms with Crippen LogP contribution in [0.5, 0.6) is 0 Å². The van der Waals surface area contributed by atoms with Gasteiger partial charge in [0.05, 0.1) is 18.8 Å². The van der Waals surface area contributed by atoms with Gasteiger partial charge < -0.3 is 15.2 Å². The van der Waals surface area contributed by atoms with E-state index in [-0.39, 0.29) is 6.10 Å². The summed E-state index contributed by atoms with van der Waals surface area (Å²) >= 11 is 0. The van der Waals surface area contributed by atoms with Gasteiger partial charge in [-0.05, 0) is 31.1 Å². The van der Waals surface area contributed by atoms with Gasteiger partial charge >= 0.3 is 0 Å². The first-order chi connectivity index (χ1) is 9.15. The van der Waals surface area contributed by atoms with Crippen molar-refractivity contribution >= 4 is 0 Å². The van der Waals surface area contributed by atoms with Crippen LogP contribution < -0.4 is 5.32 Å². The molecule has 2 aliphatic rings. The third-order valence-corrected chi connectivity index (χ3v) is 4.75. The van der Waals surface area contributed by atoms with Crippen LogP contribution >= 0.6 is 0 Å². The van der Waals surface area contributed by atoms with Gasteiger partial charge in [-0.3, -0.25) is 4.90 Å². The van der Waals surface area contributed by atoms with Crippen LogP contribution in [-0.2, 0) is 4.74 Å². The van der Waals surface area contributed by atoms with Crippen LogP contribution in [0.25, 0.3) is 0 Å². The lowest BCUT2D eigenvalue weighted by Crippen LogP contribution is -2.47. The molecule has 0 spiro atoms. The lowest BCUT2D eigenvalue weighted by atomic mass is 9.80. The molecule has 4 nitrogen and oxygen atoms in total. The highest BCUT2D eigenvalue weighted by Crippen LogP contribution is 2.30. The predicted molar refractivity (Wildman–Crippen MR) is 77.2 cm³/mol. The summed E-state index contributed by atoms with van der Waals surface area (Å²) in [7, 11) is 0. The fraction of sp³-hybridized carbons (Fsp3) is 1.00. The summed E-state index contributed by atoms with van der Waals surface area (Å²) < 4.78 is 5.91. The Kier molecular flexibility index (Phi) is 6.07. The van der Waals surface area contributed by atoms with E-state index in [1.54, 1.807) is 0 Å². The van der Waals surface area contributed by atoms with E-state index in [1.807, 2.05) is 0 Å². The molecule has 19 heavy (non-hydrogen) atoms. The molecule has 0 bridgehead atoms. The minimum absolute atomic E-state index is 0.340. The molecule has 0 aromatic carbocycles. The van der Waals surface area contributed by atoms with Crippen LogP contribution in [0.3, 0.4) is 0 Å². The van der Waals surface area contributed by atoms with E-state index in [1.165, 1.54) is 6.42 Å². The number of ether oxygens (including phenoxy) is 1. The topological polar surface area (TPSA) is 44.7 Å². The van der Waals surface area contributed by atoms with E-state index in [2.05, 4.69) is 24.1 Å². The number of nitrogens with zero attached hydrogens (tertiary/aromatic N) is 1. The van der Waals surface area contributed by atoms with Gasteiger partial charge in [-0.25, -0.2) is 0 Å². The first-order valence-electron chi connectivity index (χ1n) is 7.88. The quantitative estimate of drug-likeness (QED) is 0.785. The summed E-state index contributed by atoms with van der Waals surface area (Å²) in [4.78, 5) is 2.32. The SMILES string of the molecule is CC1CCC(OCC(O)CN2CCNCC2)CC1C. The molecule has 1 aliphatic heterocycles. The summed E-state index contributed by atoms with van der Waals surface area (Å²) in [6.07, 6.45) is 3.60. The average Bonchev–Trinajstić information content (AvgIpc) is 2.41. The molecule has 2 rings (SSSR count). The van der Waals surface area contributed by atoms with Crippen molar-refractivity contribution in [2.75, 3.05) is 39.3 Å². The molecule has 1 aliphatic carbocycles. The summed E-state index contributed by atoms with van der Waals surface area (Å²) in [5, 5.41) is 13.4. The van der Waals surface area contributed by atoms with E-state index in [4.69, 9.17) is 4.74 Å². The monoisotopic (exact) mass is 270 g/mol. The zero-order valence-electron chi connectivity index (χ0n) is 12.5. The van der Waals surface area contributed by atoms with Crippen LogP contribution in [0, 0.1) is 11.8 Å². The number of rotatable bonds is 5. The zero-order valence-corrected chi connectivity index (χ0v) is 12.5. The minimum atomic E-state index is -0.340. The van der Waals surface area contributed by atoms with Crippen molar-refractivity contribution in [2.45, 2.75) is 45.3 Å². The Morgan fingerprint density at radius 2 is 1.95 bits per heavy atom. The maximum absolute atomic E-state index is 10.1. The number of hydrogen-bond donors (Lipinski definition) is 2. The highest BCUT2D eigenvalue weighted by molar-refractivity contribution is 4.76. The molecular weight excluding hydrogens is 240 g/mol. The first-order valence-corrected chi connectivity index (χ1v) is 7.88. The molecule has 2 N–H and O–H groups in total. The van der Waals surface area contributed by atoms with Crippen molar-refractivity contribution in [3.8, 4) is 0 Å². The lowest BCUT2D eigenvalue weighted by Gasteiger charge is -2.33. The largest absolute Gasteiger partial charge is 0.389 e. The van der Waals surface area contributed by atoms with Crippen molar-refractivity contribution in [2.24, 2.45) is 11.8 Å². The van der Waals surface area contributed by atoms with Gasteiger partial charge in [0.25, 0.3) is 0 Å². The van der Waals surface area contributed by atoms with E-state index in [0.717, 1.165) is 57.4 Å². The number of hydrogen-bond acceptors (Lipinski definition) is 4. The number of piperazine rings is 1. The molecule has 112 valence electrons. The molecule has 0 aromatic heterocycles. The number of aliphatic hydroxyl groups excluding tert-OH is 1. The van der Waals surface area contributed by atoms with Crippen molar-refractivity contribution in [3.05, 3.63) is 0 Å². The smallest absolute Gasteiger partial charge is 0.0900 e. The second-order valence-electron chi connectivity index (χ2n) is 6.43. The van der Waals surface area contributed by atoms with E-state index < -0.39 is 0 Å². The zero-order chi connectivity index (χ0) is 13.7. The maximum atomic E-state index is 10.1. The van der Waals surface area contributed by atoms with Crippen LogP contribution in [0.2, 0.25) is 0 Å². The number of nitrogens with one attached hydrogen (secondary N) is 1. The van der Waals surface area contributed by atoms with Crippen molar-refractivity contribution in [3.63, 3.8) is 0 Å². The summed E-state index contributed by atoms with van der Waals surface area (Å²) in [5.41, 5.74) is 0. The van der Waals surface area contributed by atoms with Gasteiger partial charge in [-0.1, -0.05) is 13.8 Å². The first kappa shape index (κ1) is 15.2. The van der Waals surface area contributed by atoms with E-state index in [0.29, 0.717) is 12.7 Å². The fourth-order valence-corrected chi connectivity index (χ4v) is 3.14. The Labute approximate surface area is 117 Å². The molecule has 1 saturated carbocycles. The van der Waals surface area contributed by atoms with E-state index in [9.17, 15) is 5.11 Å². The van der Waals surface area contributed by atoms with E-state index >= 15 is 0 Å². The predicted octanol–water partition coefficient (Wildman–Crippen LogP) is 1.09. The molecule has 1 saturated heterocycles. The van der Waals surface area contributed by atoms with Gasteiger partial charge in [0, 0.05) is 32.7 Å². The molecule has 0 amide bonds. The lowest BCUT2D eigenvalue weighted by molar-refractivity contribution is -0.0470. The third kappa shape index (κ3) is 5.03. The highest BCUT2D eigenvalue weighted by atomic mass is 16.5. The molecule has 2 fully saturated rings. The summed E-state index contributed by atoms with van der Waals surface area (Å²) in [6, 6.07) is 0. The van der Waals surface area contributed by atoms with Gasteiger partial charge in [0.1, 0.15) is 0 Å². The van der Waals surface area contributed by atoms with Crippen molar-refractivity contribution in [1.29, 1.82) is 0 Å². The molecule has 0 aromatic rings. The normalized spacial score (nSPS) is 35.2. The van der Waals surface area contributed by atoms with Gasteiger partial charge in [0.2, 0.25) is 0 Å². The Balaban J connectivity index is 1.61.